The second-order valence-electron chi connectivity index (χ2n) is 9.18. The molecule has 5 rings (SSSR count). The standard InChI is InChI=1S/C26H31N5O3S/c1-30-18-31(22-15-9-10-16-34-22)25-23(30)24(28-26(29-25)35(2,32)33)27-17-21(19-11-5-3-6-12-19)20-13-7-4-8-14-20/h3-8,11-14,21-22H,9-10,15-18H2,1-2H3,(H,27,28,29). The van der Waals surface area contributed by atoms with Crippen LogP contribution >= 0.6 is 0 Å². The fraction of sp³-hybridized carbons (Fsp3) is 0.385. The first-order chi connectivity index (χ1) is 16.9. The van der Waals surface area contributed by atoms with Crippen molar-refractivity contribution in [3.05, 3.63) is 71.8 Å². The van der Waals surface area contributed by atoms with Crippen LogP contribution in [-0.2, 0) is 14.6 Å². The summed E-state index contributed by atoms with van der Waals surface area (Å²) in [5.41, 5.74) is 3.14. The van der Waals surface area contributed by atoms with E-state index in [0.717, 1.165) is 31.2 Å². The quantitative estimate of drug-likeness (QED) is 0.497. The monoisotopic (exact) mass is 493 g/mol. The van der Waals surface area contributed by atoms with Crippen molar-refractivity contribution in [1.29, 1.82) is 0 Å². The number of fused-ring (bicyclic) bond motifs is 1. The van der Waals surface area contributed by atoms with E-state index in [4.69, 9.17) is 4.74 Å². The molecule has 2 aliphatic heterocycles. The number of benzene rings is 2. The van der Waals surface area contributed by atoms with Crippen molar-refractivity contribution in [3.8, 4) is 0 Å². The Balaban J connectivity index is 1.52. The second kappa shape index (κ2) is 9.83. The van der Waals surface area contributed by atoms with Crippen molar-refractivity contribution in [3.63, 3.8) is 0 Å². The first-order valence-corrected chi connectivity index (χ1v) is 13.9. The molecule has 2 aromatic carbocycles. The summed E-state index contributed by atoms with van der Waals surface area (Å²) in [4.78, 5) is 13.1. The highest BCUT2D eigenvalue weighted by Gasteiger charge is 2.36. The van der Waals surface area contributed by atoms with E-state index in [-0.39, 0.29) is 17.3 Å². The Bertz CT molecular complexity index is 1230. The average molecular weight is 494 g/mol. The maximum atomic E-state index is 12.5. The van der Waals surface area contributed by atoms with Crippen LogP contribution in [0.4, 0.5) is 17.3 Å². The molecule has 3 aromatic rings. The molecule has 0 bridgehead atoms. The van der Waals surface area contributed by atoms with Crippen LogP contribution in [0.15, 0.2) is 65.8 Å². The van der Waals surface area contributed by atoms with Crippen LogP contribution in [0.1, 0.15) is 36.3 Å². The van der Waals surface area contributed by atoms with Crippen LogP contribution < -0.4 is 15.1 Å². The number of nitrogens with zero attached hydrogens (tertiary/aromatic N) is 4. The summed E-state index contributed by atoms with van der Waals surface area (Å²) in [5, 5.41) is 3.31. The highest BCUT2D eigenvalue weighted by molar-refractivity contribution is 7.90. The van der Waals surface area contributed by atoms with Gasteiger partial charge in [0.15, 0.2) is 11.6 Å². The lowest BCUT2D eigenvalue weighted by molar-refractivity contribution is 0.0150. The van der Waals surface area contributed by atoms with Crippen LogP contribution in [0.25, 0.3) is 0 Å². The number of ether oxygens (including phenoxy) is 1. The Kier molecular flexibility index (Phi) is 6.62. The summed E-state index contributed by atoms with van der Waals surface area (Å²) in [6.07, 6.45) is 4.03. The zero-order chi connectivity index (χ0) is 24.4. The zero-order valence-corrected chi connectivity index (χ0v) is 20.9. The van der Waals surface area contributed by atoms with Crippen molar-refractivity contribution in [1.82, 2.24) is 9.97 Å². The predicted molar refractivity (Wildman–Crippen MR) is 138 cm³/mol. The van der Waals surface area contributed by atoms with Crippen molar-refractivity contribution in [2.24, 2.45) is 0 Å². The van der Waals surface area contributed by atoms with Crippen molar-refractivity contribution in [2.45, 2.75) is 36.6 Å². The van der Waals surface area contributed by atoms with Gasteiger partial charge in [0.1, 0.15) is 11.9 Å². The topological polar surface area (TPSA) is 87.7 Å². The van der Waals surface area contributed by atoms with E-state index in [1.54, 1.807) is 0 Å². The number of hydrogen-bond donors (Lipinski definition) is 1. The third-order valence-electron chi connectivity index (χ3n) is 6.58. The first kappa shape index (κ1) is 23.6. The Hall–Kier alpha value is -3.17. The van der Waals surface area contributed by atoms with Crippen LogP contribution in [-0.4, -0.2) is 57.7 Å². The van der Waals surface area contributed by atoms with Crippen LogP contribution in [0, 0.1) is 0 Å². The molecule has 3 heterocycles. The number of sulfone groups is 1. The van der Waals surface area contributed by atoms with E-state index in [1.807, 2.05) is 43.4 Å². The van der Waals surface area contributed by atoms with E-state index in [2.05, 4.69) is 49.4 Å². The molecule has 9 heteroatoms. The lowest BCUT2D eigenvalue weighted by Gasteiger charge is -2.32. The zero-order valence-electron chi connectivity index (χ0n) is 20.1. The summed E-state index contributed by atoms with van der Waals surface area (Å²) >= 11 is 0. The van der Waals surface area contributed by atoms with Gasteiger partial charge in [-0.2, -0.15) is 9.97 Å². The van der Waals surface area contributed by atoms with Gasteiger partial charge in [-0.15, -0.1) is 0 Å². The van der Waals surface area contributed by atoms with E-state index in [1.165, 1.54) is 11.1 Å². The van der Waals surface area contributed by atoms with Gasteiger partial charge in [-0.3, -0.25) is 0 Å². The molecule has 0 aliphatic carbocycles. The third kappa shape index (κ3) is 4.97. The lowest BCUT2D eigenvalue weighted by Crippen LogP contribution is -2.41. The van der Waals surface area contributed by atoms with Gasteiger partial charge in [-0.1, -0.05) is 60.7 Å². The minimum atomic E-state index is -3.61. The molecular formula is C26H31N5O3S. The summed E-state index contributed by atoms with van der Waals surface area (Å²) in [5.74, 6) is 1.19. The van der Waals surface area contributed by atoms with E-state index in [9.17, 15) is 8.42 Å². The minimum Gasteiger partial charge on any atom is -0.367 e. The third-order valence-corrected chi connectivity index (χ3v) is 7.42. The molecule has 0 spiro atoms. The molecule has 1 unspecified atom stereocenters. The average Bonchev–Trinajstić information content (AvgIpc) is 3.22. The smallest absolute Gasteiger partial charge is 0.250 e. The van der Waals surface area contributed by atoms with E-state index < -0.39 is 9.84 Å². The molecule has 1 aromatic heterocycles. The molecule has 35 heavy (non-hydrogen) atoms. The molecule has 0 amide bonds. The summed E-state index contributed by atoms with van der Waals surface area (Å²) in [6.45, 7) is 1.82. The van der Waals surface area contributed by atoms with Gasteiger partial charge in [-0.25, -0.2) is 8.42 Å². The van der Waals surface area contributed by atoms with Crippen molar-refractivity contribution >= 4 is 27.2 Å². The van der Waals surface area contributed by atoms with Crippen LogP contribution in [0.5, 0.6) is 0 Å². The molecular weight excluding hydrogens is 462 g/mol. The van der Waals surface area contributed by atoms with E-state index >= 15 is 0 Å². The first-order valence-electron chi connectivity index (χ1n) is 12.0. The lowest BCUT2D eigenvalue weighted by atomic mass is 9.91. The highest BCUT2D eigenvalue weighted by Crippen LogP contribution is 2.42. The molecule has 1 saturated heterocycles. The Labute approximate surface area is 206 Å². The second-order valence-corrected chi connectivity index (χ2v) is 11.1. The molecule has 184 valence electrons. The highest BCUT2D eigenvalue weighted by atomic mass is 32.2. The van der Waals surface area contributed by atoms with Crippen molar-refractivity contribution < 1.29 is 13.2 Å². The molecule has 0 saturated carbocycles. The molecule has 1 fully saturated rings. The normalized spacial score (nSPS) is 18.1. The van der Waals surface area contributed by atoms with Gasteiger partial charge < -0.3 is 19.9 Å². The number of anilines is 3. The SMILES string of the molecule is CN1CN(C2CCCCO2)c2nc(S(C)(=O)=O)nc(NCC(c3ccccc3)c3ccccc3)c21. The number of hydrogen-bond acceptors (Lipinski definition) is 8. The molecule has 2 aliphatic rings. The molecule has 1 N–H and O–H groups in total. The summed E-state index contributed by atoms with van der Waals surface area (Å²) in [7, 11) is -1.64. The molecule has 0 radical (unpaired) electrons. The van der Waals surface area contributed by atoms with Gasteiger partial charge in [0, 0.05) is 32.4 Å². The van der Waals surface area contributed by atoms with Gasteiger partial charge in [0.05, 0.1) is 6.67 Å². The fourth-order valence-corrected chi connectivity index (χ4v) is 5.33. The minimum absolute atomic E-state index is 0.0641. The van der Waals surface area contributed by atoms with Gasteiger partial charge >= 0.3 is 0 Å². The number of rotatable bonds is 7. The van der Waals surface area contributed by atoms with E-state index in [0.29, 0.717) is 31.5 Å². The van der Waals surface area contributed by atoms with Gasteiger partial charge in [0.25, 0.3) is 5.16 Å². The Morgan fingerprint density at radius 3 is 2.26 bits per heavy atom. The molecule has 1 atom stereocenters. The summed E-state index contributed by atoms with van der Waals surface area (Å²) in [6, 6.07) is 20.6. The number of aromatic nitrogens is 2. The van der Waals surface area contributed by atoms with Crippen LogP contribution in [0.3, 0.4) is 0 Å². The predicted octanol–water partition coefficient (Wildman–Crippen LogP) is 3.86. The van der Waals surface area contributed by atoms with Gasteiger partial charge in [-0.05, 0) is 30.4 Å². The maximum Gasteiger partial charge on any atom is 0.250 e. The van der Waals surface area contributed by atoms with Gasteiger partial charge in [0.2, 0.25) is 9.84 Å². The Morgan fingerprint density at radius 2 is 1.69 bits per heavy atom. The van der Waals surface area contributed by atoms with Crippen molar-refractivity contribution in [2.75, 3.05) is 48.2 Å². The largest absolute Gasteiger partial charge is 0.367 e. The fourth-order valence-electron chi connectivity index (χ4n) is 4.82. The summed E-state index contributed by atoms with van der Waals surface area (Å²) < 4.78 is 31.0. The maximum absolute atomic E-state index is 12.5. The Morgan fingerprint density at radius 1 is 1.03 bits per heavy atom. The molecule has 8 nitrogen and oxygen atoms in total. The number of nitrogens with one attached hydrogen (secondary N) is 1. The van der Waals surface area contributed by atoms with Crippen LogP contribution in [0.2, 0.25) is 0 Å².